The fourth-order valence-electron chi connectivity index (χ4n) is 2.60. The number of carbonyl (C=O) groups is 1. The van der Waals surface area contributed by atoms with Crippen LogP contribution in [0.4, 0.5) is 8.78 Å². The average Bonchev–Trinajstić information content (AvgIpc) is 2.74. The second-order valence-electron chi connectivity index (χ2n) is 5.37. The molecule has 1 saturated heterocycles. The molecule has 0 spiro atoms. The first-order valence-corrected chi connectivity index (χ1v) is 6.54. The molecule has 2 unspecified atom stereocenters. The van der Waals surface area contributed by atoms with E-state index in [1.165, 1.54) is 6.07 Å². The third-order valence-corrected chi connectivity index (χ3v) is 3.38. The molecule has 1 aliphatic heterocycles. The van der Waals surface area contributed by atoms with Crippen molar-refractivity contribution >= 4 is 5.91 Å². The Kier molecular flexibility index (Phi) is 4.35. The molecular weight excluding hydrogens is 264 g/mol. The zero-order valence-corrected chi connectivity index (χ0v) is 11.9. The van der Waals surface area contributed by atoms with Gasteiger partial charge in [-0.25, -0.2) is 8.78 Å². The summed E-state index contributed by atoms with van der Waals surface area (Å²) in [5.41, 5.74) is 0.556. The topological polar surface area (TPSA) is 35.6 Å². The van der Waals surface area contributed by atoms with Gasteiger partial charge in [-0.2, -0.15) is 0 Å². The molecule has 0 aliphatic carbocycles. The van der Waals surface area contributed by atoms with Gasteiger partial charge in [0, 0.05) is 12.6 Å². The maximum absolute atomic E-state index is 13.4. The molecule has 0 bridgehead atoms. The summed E-state index contributed by atoms with van der Waals surface area (Å²) in [6.07, 6.45) is -0.410. The van der Waals surface area contributed by atoms with E-state index in [1.807, 2.05) is 25.9 Å². The number of likely N-dealkylation sites (N-methyl/N-ethyl adjacent to an activating group) is 1. The number of hydrogen-bond acceptors (Lipinski definition) is 3. The van der Waals surface area contributed by atoms with Gasteiger partial charge < -0.3 is 9.80 Å². The Morgan fingerprint density at radius 2 is 2.10 bits per heavy atom. The van der Waals surface area contributed by atoms with Gasteiger partial charge in [-0.1, -0.05) is 6.07 Å². The molecule has 1 N–H and O–H groups in total. The first-order chi connectivity index (χ1) is 9.40. The second kappa shape index (κ2) is 5.85. The molecule has 1 aromatic rings. The van der Waals surface area contributed by atoms with E-state index in [2.05, 4.69) is 5.32 Å². The summed E-state index contributed by atoms with van der Waals surface area (Å²) in [6.45, 7) is 2.85. The molecule has 4 nitrogen and oxygen atoms in total. The molecule has 1 heterocycles. The van der Waals surface area contributed by atoms with Crippen LogP contribution >= 0.6 is 0 Å². The Morgan fingerprint density at radius 1 is 1.40 bits per heavy atom. The minimum absolute atomic E-state index is 0.0226. The summed E-state index contributed by atoms with van der Waals surface area (Å²) in [5, 5.41) is 3.04. The monoisotopic (exact) mass is 283 g/mol. The van der Waals surface area contributed by atoms with Crippen molar-refractivity contribution in [2.24, 2.45) is 0 Å². The Labute approximate surface area is 117 Å². The summed E-state index contributed by atoms with van der Waals surface area (Å²) >= 11 is 0. The van der Waals surface area contributed by atoms with Gasteiger partial charge in [0.2, 0.25) is 5.91 Å². The molecule has 1 amide bonds. The van der Waals surface area contributed by atoms with Crippen molar-refractivity contribution in [2.45, 2.75) is 19.1 Å². The molecule has 6 heteroatoms. The Bertz CT molecular complexity index is 507. The summed E-state index contributed by atoms with van der Waals surface area (Å²) in [5.74, 6) is -1.82. The van der Waals surface area contributed by atoms with Gasteiger partial charge in [0.25, 0.3) is 0 Å². The van der Waals surface area contributed by atoms with Crippen molar-refractivity contribution in [3.8, 4) is 0 Å². The number of amides is 1. The SMILES string of the molecule is CC(CN(C)C)N1C(=O)CNC1c1ccc(F)c(F)c1. The van der Waals surface area contributed by atoms with E-state index in [0.717, 1.165) is 12.1 Å². The summed E-state index contributed by atoms with van der Waals surface area (Å²) in [6, 6.07) is 3.71. The second-order valence-corrected chi connectivity index (χ2v) is 5.37. The predicted octanol–water partition coefficient (Wildman–Crippen LogP) is 1.35. The van der Waals surface area contributed by atoms with Crippen LogP contribution in [0.15, 0.2) is 18.2 Å². The van der Waals surface area contributed by atoms with Gasteiger partial charge >= 0.3 is 0 Å². The quantitative estimate of drug-likeness (QED) is 0.906. The Morgan fingerprint density at radius 3 is 2.70 bits per heavy atom. The maximum atomic E-state index is 13.4. The van der Waals surface area contributed by atoms with Gasteiger partial charge in [0.05, 0.1) is 6.54 Å². The van der Waals surface area contributed by atoms with Crippen LogP contribution in [0.2, 0.25) is 0 Å². The van der Waals surface area contributed by atoms with E-state index in [-0.39, 0.29) is 18.5 Å². The molecule has 1 aromatic carbocycles. The fourth-order valence-corrected chi connectivity index (χ4v) is 2.60. The van der Waals surface area contributed by atoms with Gasteiger partial charge in [0.1, 0.15) is 6.17 Å². The molecular formula is C14H19F2N3O. The molecule has 0 aromatic heterocycles. The number of nitrogens with zero attached hydrogens (tertiary/aromatic N) is 2. The van der Waals surface area contributed by atoms with Crippen LogP contribution in [0, 0.1) is 11.6 Å². The molecule has 0 radical (unpaired) electrons. The largest absolute Gasteiger partial charge is 0.318 e. The molecule has 2 atom stereocenters. The molecule has 110 valence electrons. The number of nitrogens with one attached hydrogen (secondary N) is 1. The first-order valence-electron chi connectivity index (χ1n) is 6.54. The molecule has 0 saturated carbocycles. The van der Waals surface area contributed by atoms with E-state index in [0.29, 0.717) is 12.1 Å². The van der Waals surface area contributed by atoms with Gasteiger partial charge in [-0.15, -0.1) is 0 Å². The highest BCUT2D eigenvalue weighted by Gasteiger charge is 2.35. The maximum Gasteiger partial charge on any atom is 0.238 e. The molecule has 1 aliphatic rings. The third kappa shape index (κ3) is 2.96. The van der Waals surface area contributed by atoms with Crippen LogP contribution in [0.1, 0.15) is 18.7 Å². The van der Waals surface area contributed by atoms with Crippen LogP contribution in [-0.4, -0.2) is 48.9 Å². The van der Waals surface area contributed by atoms with E-state index >= 15 is 0 Å². The highest BCUT2D eigenvalue weighted by molar-refractivity contribution is 5.81. The smallest absolute Gasteiger partial charge is 0.238 e. The van der Waals surface area contributed by atoms with Crippen molar-refractivity contribution in [1.82, 2.24) is 15.1 Å². The van der Waals surface area contributed by atoms with Gasteiger partial charge in [0.15, 0.2) is 11.6 Å². The Balaban J connectivity index is 2.25. The highest BCUT2D eigenvalue weighted by Crippen LogP contribution is 2.26. The lowest BCUT2D eigenvalue weighted by Gasteiger charge is -2.32. The summed E-state index contributed by atoms with van der Waals surface area (Å²) in [4.78, 5) is 15.7. The van der Waals surface area contributed by atoms with Crippen LogP contribution in [-0.2, 0) is 4.79 Å². The molecule has 1 fully saturated rings. The predicted molar refractivity (Wildman–Crippen MR) is 72.0 cm³/mol. The number of carbonyl (C=O) groups excluding carboxylic acids is 1. The zero-order valence-electron chi connectivity index (χ0n) is 11.9. The van der Waals surface area contributed by atoms with E-state index in [4.69, 9.17) is 0 Å². The molecule has 20 heavy (non-hydrogen) atoms. The van der Waals surface area contributed by atoms with Gasteiger partial charge in [-0.05, 0) is 38.7 Å². The first kappa shape index (κ1) is 14.9. The standard InChI is InChI=1S/C14H19F2N3O/c1-9(8-18(2)3)19-13(20)7-17-14(19)10-4-5-11(15)12(16)6-10/h4-6,9,14,17H,7-8H2,1-3H3. The number of halogens is 2. The normalized spacial score (nSPS) is 20.8. The summed E-state index contributed by atoms with van der Waals surface area (Å²) < 4.78 is 26.4. The zero-order chi connectivity index (χ0) is 14.9. The third-order valence-electron chi connectivity index (χ3n) is 3.38. The van der Waals surface area contributed by atoms with Gasteiger partial charge in [-0.3, -0.25) is 10.1 Å². The number of hydrogen-bond donors (Lipinski definition) is 1. The fraction of sp³-hybridized carbons (Fsp3) is 0.500. The minimum atomic E-state index is -0.899. The lowest BCUT2D eigenvalue weighted by molar-refractivity contribution is -0.130. The highest BCUT2D eigenvalue weighted by atomic mass is 19.2. The number of benzene rings is 1. The van der Waals surface area contributed by atoms with Crippen molar-refractivity contribution in [3.05, 3.63) is 35.4 Å². The van der Waals surface area contributed by atoms with Crippen LogP contribution in [0.5, 0.6) is 0 Å². The average molecular weight is 283 g/mol. The number of rotatable bonds is 4. The minimum Gasteiger partial charge on any atom is -0.318 e. The molecule has 2 rings (SSSR count). The van der Waals surface area contributed by atoms with E-state index < -0.39 is 17.8 Å². The van der Waals surface area contributed by atoms with Crippen molar-refractivity contribution in [2.75, 3.05) is 27.2 Å². The van der Waals surface area contributed by atoms with Crippen molar-refractivity contribution in [1.29, 1.82) is 0 Å². The van der Waals surface area contributed by atoms with Crippen LogP contribution in [0.3, 0.4) is 0 Å². The van der Waals surface area contributed by atoms with E-state index in [1.54, 1.807) is 4.90 Å². The lowest BCUT2D eigenvalue weighted by atomic mass is 10.1. The summed E-state index contributed by atoms with van der Waals surface area (Å²) in [7, 11) is 3.86. The van der Waals surface area contributed by atoms with Crippen LogP contribution < -0.4 is 5.32 Å². The van der Waals surface area contributed by atoms with Crippen LogP contribution in [0.25, 0.3) is 0 Å². The van der Waals surface area contributed by atoms with Crippen molar-refractivity contribution in [3.63, 3.8) is 0 Å². The van der Waals surface area contributed by atoms with E-state index in [9.17, 15) is 13.6 Å². The van der Waals surface area contributed by atoms with Crippen molar-refractivity contribution < 1.29 is 13.6 Å². The Hall–Kier alpha value is -1.53. The lowest BCUT2D eigenvalue weighted by Crippen LogP contribution is -2.43.